The van der Waals surface area contributed by atoms with Crippen LogP contribution >= 0.6 is 0 Å². The summed E-state index contributed by atoms with van der Waals surface area (Å²) in [5.74, 6) is -0.121. The lowest BCUT2D eigenvalue weighted by atomic mass is 9.93. The normalized spacial score (nSPS) is 19.4. The maximum atomic E-state index is 14.6. The van der Waals surface area contributed by atoms with Crippen LogP contribution in [0.3, 0.4) is 0 Å². The van der Waals surface area contributed by atoms with Gasteiger partial charge in [0.05, 0.1) is 37.1 Å². The Morgan fingerprint density at radius 3 is 2.83 bits per heavy atom. The summed E-state index contributed by atoms with van der Waals surface area (Å²) in [6.07, 6.45) is 2.75. The molecule has 7 nitrogen and oxygen atoms in total. The first-order valence-corrected chi connectivity index (χ1v) is 10.1. The number of aromatic nitrogens is 3. The molecule has 0 spiro atoms. The van der Waals surface area contributed by atoms with Crippen molar-refractivity contribution in [3.05, 3.63) is 47.5 Å². The first kappa shape index (κ1) is 20.6. The lowest BCUT2D eigenvalue weighted by Crippen LogP contribution is -2.42. The van der Waals surface area contributed by atoms with Crippen LogP contribution in [0.1, 0.15) is 37.3 Å². The van der Waals surface area contributed by atoms with Crippen LogP contribution in [0.15, 0.2) is 30.6 Å². The molecule has 2 aromatic heterocycles. The number of rotatable bonds is 5. The fourth-order valence-electron chi connectivity index (χ4n) is 3.91. The molecule has 158 valence electrons. The van der Waals surface area contributed by atoms with Gasteiger partial charge in [-0.3, -0.25) is 4.98 Å². The summed E-state index contributed by atoms with van der Waals surface area (Å²) < 4.78 is 19.9. The van der Waals surface area contributed by atoms with Gasteiger partial charge in [0.15, 0.2) is 5.82 Å². The molecule has 1 aliphatic heterocycles. The molecule has 0 saturated carbocycles. The maximum Gasteiger partial charge on any atom is 0.223 e. The molecule has 1 fully saturated rings. The molecule has 4 rings (SSSR count). The quantitative estimate of drug-likeness (QED) is 0.592. The maximum absolute atomic E-state index is 14.6. The lowest BCUT2D eigenvalue weighted by molar-refractivity contribution is -0.0136. The number of hydrogen-bond donors (Lipinski definition) is 3. The number of fused-ring (bicyclic) bond motifs is 1. The fourth-order valence-corrected chi connectivity index (χ4v) is 3.91. The third-order valence-corrected chi connectivity index (χ3v) is 5.40. The van der Waals surface area contributed by atoms with E-state index in [1.165, 1.54) is 0 Å². The number of nitrogens with zero attached hydrogens (tertiary/aromatic N) is 3. The number of benzene rings is 1. The first-order chi connectivity index (χ1) is 14.5. The molecule has 8 heteroatoms. The predicted octanol–water partition coefficient (Wildman–Crippen LogP) is 3.01. The zero-order chi connectivity index (χ0) is 21.3. The molecule has 0 unspecified atom stereocenters. The molecule has 1 saturated heterocycles. The summed E-state index contributed by atoms with van der Waals surface area (Å²) in [5, 5.41) is 23.7. The van der Waals surface area contributed by atoms with E-state index in [-0.39, 0.29) is 36.8 Å². The Morgan fingerprint density at radius 2 is 2.10 bits per heavy atom. The minimum absolute atomic E-state index is 0.107. The second-order valence-electron chi connectivity index (χ2n) is 7.81. The van der Waals surface area contributed by atoms with Gasteiger partial charge in [-0.1, -0.05) is 19.9 Å². The van der Waals surface area contributed by atoms with E-state index < -0.39 is 11.9 Å². The number of aliphatic hydroxyl groups excluding tert-OH is 2. The molecule has 0 amide bonds. The van der Waals surface area contributed by atoms with Gasteiger partial charge in [-0.2, -0.15) is 0 Å². The molecular formula is C22H25FN4O3. The summed E-state index contributed by atoms with van der Waals surface area (Å²) in [4.78, 5) is 12.8. The first-order valence-electron chi connectivity index (χ1n) is 10.1. The van der Waals surface area contributed by atoms with Gasteiger partial charge >= 0.3 is 0 Å². The molecule has 0 radical (unpaired) electrons. The van der Waals surface area contributed by atoms with E-state index in [1.807, 2.05) is 26.0 Å². The van der Waals surface area contributed by atoms with Gasteiger partial charge in [0.25, 0.3) is 0 Å². The average molecular weight is 412 g/mol. The van der Waals surface area contributed by atoms with Gasteiger partial charge in [0, 0.05) is 23.8 Å². The van der Waals surface area contributed by atoms with Crippen molar-refractivity contribution in [2.45, 2.75) is 44.9 Å². The highest BCUT2D eigenvalue weighted by Gasteiger charge is 2.24. The monoisotopic (exact) mass is 412 g/mol. The Balaban J connectivity index is 1.75. The fraction of sp³-hybridized carbons (Fsp3) is 0.409. The van der Waals surface area contributed by atoms with Crippen molar-refractivity contribution in [2.75, 3.05) is 18.5 Å². The van der Waals surface area contributed by atoms with Crippen LogP contribution in [0.5, 0.6) is 0 Å². The third-order valence-electron chi connectivity index (χ3n) is 5.40. The van der Waals surface area contributed by atoms with Crippen molar-refractivity contribution < 1.29 is 19.3 Å². The Hall–Kier alpha value is -2.68. The largest absolute Gasteiger partial charge is 0.392 e. The molecule has 0 aliphatic carbocycles. The van der Waals surface area contributed by atoms with E-state index in [0.717, 1.165) is 28.2 Å². The molecule has 2 atom stereocenters. The number of nitrogens with one attached hydrogen (secondary N) is 1. The zero-order valence-electron chi connectivity index (χ0n) is 17.0. The van der Waals surface area contributed by atoms with Crippen LogP contribution in [0.2, 0.25) is 0 Å². The van der Waals surface area contributed by atoms with Crippen LogP contribution < -0.4 is 5.32 Å². The van der Waals surface area contributed by atoms with Crippen LogP contribution in [0.4, 0.5) is 10.3 Å². The van der Waals surface area contributed by atoms with Gasteiger partial charge in [-0.05, 0) is 35.6 Å². The van der Waals surface area contributed by atoms with Crippen molar-refractivity contribution in [3.8, 4) is 11.3 Å². The standard InChI is InChI=1S/C22H25FN4O3/c1-12(2)20-14(10-28)8-24-17-4-3-13(7-15(17)20)21-16(23)9-25-22(27-21)26-18-5-6-30-11-19(18)29/h3-4,7-9,12,18-19,28-29H,5-6,10-11H2,1-2H3,(H,25,26,27)/t18-,19-/m1/s1. The molecule has 3 aromatic rings. The van der Waals surface area contributed by atoms with Gasteiger partial charge in [0.2, 0.25) is 5.95 Å². The van der Waals surface area contributed by atoms with E-state index in [0.29, 0.717) is 18.6 Å². The molecule has 30 heavy (non-hydrogen) atoms. The van der Waals surface area contributed by atoms with E-state index in [9.17, 15) is 14.6 Å². The van der Waals surface area contributed by atoms with Crippen LogP contribution in [-0.2, 0) is 11.3 Å². The van der Waals surface area contributed by atoms with Crippen molar-refractivity contribution in [3.63, 3.8) is 0 Å². The second kappa shape index (κ2) is 8.59. The summed E-state index contributed by atoms with van der Waals surface area (Å²) in [5.41, 5.74) is 3.28. The molecule has 3 N–H and O–H groups in total. The minimum atomic E-state index is -0.673. The molecule has 1 aliphatic rings. The van der Waals surface area contributed by atoms with Crippen LogP contribution in [0.25, 0.3) is 22.2 Å². The number of aliphatic hydroxyl groups is 2. The van der Waals surface area contributed by atoms with E-state index in [1.54, 1.807) is 12.3 Å². The minimum Gasteiger partial charge on any atom is -0.392 e. The van der Waals surface area contributed by atoms with Crippen molar-refractivity contribution >= 4 is 16.9 Å². The predicted molar refractivity (Wildman–Crippen MR) is 112 cm³/mol. The third kappa shape index (κ3) is 3.98. The number of halogens is 1. The Kier molecular flexibility index (Phi) is 5.90. The van der Waals surface area contributed by atoms with Crippen molar-refractivity contribution in [1.82, 2.24) is 15.0 Å². The molecule has 1 aromatic carbocycles. The highest BCUT2D eigenvalue weighted by Crippen LogP contribution is 2.32. The summed E-state index contributed by atoms with van der Waals surface area (Å²) >= 11 is 0. The average Bonchev–Trinajstić information content (AvgIpc) is 2.75. The topological polar surface area (TPSA) is 100 Å². The van der Waals surface area contributed by atoms with E-state index in [4.69, 9.17) is 4.74 Å². The smallest absolute Gasteiger partial charge is 0.223 e. The Morgan fingerprint density at radius 1 is 1.27 bits per heavy atom. The number of ether oxygens (including phenoxy) is 1. The Bertz CT molecular complexity index is 1060. The Labute approximate surface area is 174 Å². The van der Waals surface area contributed by atoms with Crippen molar-refractivity contribution in [2.24, 2.45) is 0 Å². The van der Waals surface area contributed by atoms with E-state index >= 15 is 0 Å². The number of pyridine rings is 1. The van der Waals surface area contributed by atoms with E-state index in [2.05, 4.69) is 20.3 Å². The molecule has 3 heterocycles. The summed E-state index contributed by atoms with van der Waals surface area (Å²) in [7, 11) is 0. The van der Waals surface area contributed by atoms with Gasteiger partial charge in [-0.15, -0.1) is 0 Å². The van der Waals surface area contributed by atoms with Gasteiger partial charge in [0.1, 0.15) is 5.69 Å². The van der Waals surface area contributed by atoms with Gasteiger partial charge in [-0.25, -0.2) is 14.4 Å². The van der Waals surface area contributed by atoms with Crippen LogP contribution in [-0.4, -0.2) is 50.5 Å². The molecule has 0 bridgehead atoms. The highest BCUT2D eigenvalue weighted by atomic mass is 19.1. The summed E-state index contributed by atoms with van der Waals surface area (Å²) in [6, 6.07) is 5.21. The zero-order valence-corrected chi connectivity index (χ0v) is 17.0. The highest BCUT2D eigenvalue weighted by molar-refractivity contribution is 5.88. The SMILES string of the molecule is CC(C)c1c(CO)cnc2ccc(-c3nc(N[C@@H]4CCOC[C@H]4O)ncc3F)cc12. The second-order valence-corrected chi connectivity index (χ2v) is 7.81. The summed E-state index contributed by atoms with van der Waals surface area (Å²) in [6.45, 7) is 4.77. The number of hydrogen-bond acceptors (Lipinski definition) is 7. The lowest BCUT2D eigenvalue weighted by Gasteiger charge is -2.28. The van der Waals surface area contributed by atoms with Crippen LogP contribution in [0, 0.1) is 5.82 Å². The molecular weight excluding hydrogens is 387 g/mol. The van der Waals surface area contributed by atoms with Crippen molar-refractivity contribution in [1.29, 1.82) is 0 Å². The number of anilines is 1. The van der Waals surface area contributed by atoms with Gasteiger partial charge < -0.3 is 20.3 Å².